The average Bonchev–Trinajstić information content (AvgIpc) is 2.17. The predicted octanol–water partition coefficient (Wildman–Crippen LogP) is 3.03. The molecule has 0 aliphatic rings. The van der Waals surface area contributed by atoms with E-state index in [-0.39, 0.29) is 12.4 Å². The summed E-state index contributed by atoms with van der Waals surface area (Å²) in [5.41, 5.74) is 8.06. The minimum atomic E-state index is 0. The van der Waals surface area contributed by atoms with Crippen molar-refractivity contribution in [2.24, 2.45) is 5.73 Å². The van der Waals surface area contributed by atoms with Crippen LogP contribution in [0.2, 0.25) is 0 Å². The predicted molar refractivity (Wildman–Crippen MR) is 63.8 cm³/mol. The van der Waals surface area contributed by atoms with Gasteiger partial charge < -0.3 is 5.73 Å². The van der Waals surface area contributed by atoms with Gasteiger partial charge in [0.15, 0.2) is 0 Å². The van der Waals surface area contributed by atoms with E-state index in [2.05, 4.69) is 43.3 Å². The smallest absolute Gasteiger partial charge is 0.0178 e. The molecule has 2 rings (SSSR count). The molecule has 0 fully saturated rings. The molecule has 2 aromatic carbocycles. The van der Waals surface area contributed by atoms with Gasteiger partial charge in [-0.3, -0.25) is 0 Å². The van der Waals surface area contributed by atoms with Crippen molar-refractivity contribution >= 4 is 23.2 Å². The summed E-state index contributed by atoms with van der Waals surface area (Å²) in [5, 5.41) is 2.56. The zero-order valence-corrected chi connectivity index (χ0v) is 8.97. The Kier molecular flexibility index (Phi) is 3.50. The molecule has 0 spiro atoms. The van der Waals surface area contributed by atoms with Crippen LogP contribution in [-0.2, 0) is 6.54 Å². The number of benzene rings is 2. The molecule has 2 N–H and O–H groups in total. The van der Waals surface area contributed by atoms with Crippen molar-refractivity contribution in [3.8, 4) is 0 Å². The standard InChI is InChI=1S/C12H13N.ClH/c1-9-2-4-12-7-10(8-13)3-5-11(12)6-9;/h2-7H,8,13H2,1H3;1H. The molecule has 0 amide bonds. The van der Waals surface area contributed by atoms with Gasteiger partial charge in [0, 0.05) is 6.54 Å². The highest BCUT2D eigenvalue weighted by Gasteiger charge is 1.94. The summed E-state index contributed by atoms with van der Waals surface area (Å²) in [7, 11) is 0. The first-order chi connectivity index (χ1) is 6.29. The summed E-state index contributed by atoms with van der Waals surface area (Å²) < 4.78 is 0. The zero-order valence-electron chi connectivity index (χ0n) is 8.16. The van der Waals surface area contributed by atoms with Crippen LogP contribution in [0.25, 0.3) is 10.8 Å². The lowest BCUT2D eigenvalue weighted by atomic mass is 10.1. The summed E-state index contributed by atoms with van der Waals surface area (Å²) in [5.74, 6) is 0. The largest absolute Gasteiger partial charge is 0.326 e. The van der Waals surface area contributed by atoms with Crippen LogP contribution in [0.3, 0.4) is 0 Å². The number of hydrogen-bond donors (Lipinski definition) is 1. The van der Waals surface area contributed by atoms with Crippen LogP contribution in [-0.4, -0.2) is 0 Å². The summed E-state index contributed by atoms with van der Waals surface area (Å²) >= 11 is 0. The fraction of sp³-hybridized carbons (Fsp3) is 0.167. The highest BCUT2D eigenvalue weighted by atomic mass is 35.5. The molecule has 0 aliphatic carbocycles. The Labute approximate surface area is 90.3 Å². The van der Waals surface area contributed by atoms with Gasteiger partial charge in [-0.05, 0) is 29.3 Å². The van der Waals surface area contributed by atoms with Crippen LogP contribution in [0.1, 0.15) is 11.1 Å². The first-order valence-electron chi connectivity index (χ1n) is 4.49. The second-order valence-electron chi connectivity index (χ2n) is 3.39. The van der Waals surface area contributed by atoms with Gasteiger partial charge in [-0.25, -0.2) is 0 Å². The monoisotopic (exact) mass is 207 g/mol. The maximum Gasteiger partial charge on any atom is 0.0178 e. The molecule has 0 unspecified atom stereocenters. The molecule has 0 saturated heterocycles. The third kappa shape index (κ3) is 2.06. The average molecular weight is 208 g/mol. The van der Waals surface area contributed by atoms with E-state index >= 15 is 0 Å². The minimum absolute atomic E-state index is 0. The van der Waals surface area contributed by atoms with E-state index in [9.17, 15) is 0 Å². The van der Waals surface area contributed by atoms with E-state index in [0.29, 0.717) is 6.54 Å². The second-order valence-corrected chi connectivity index (χ2v) is 3.39. The first kappa shape index (κ1) is 11.0. The first-order valence-corrected chi connectivity index (χ1v) is 4.49. The Morgan fingerprint density at radius 1 is 1.00 bits per heavy atom. The third-order valence-corrected chi connectivity index (χ3v) is 2.30. The Morgan fingerprint density at radius 3 is 2.36 bits per heavy atom. The van der Waals surface area contributed by atoms with Gasteiger partial charge in [0.25, 0.3) is 0 Å². The van der Waals surface area contributed by atoms with Gasteiger partial charge in [0.1, 0.15) is 0 Å². The molecule has 0 bridgehead atoms. The van der Waals surface area contributed by atoms with Gasteiger partial charge in [0.2, 0.25) is 0 Å². The van der Waals surface area contributed by atoms with Crippen molar-refractivity contribution in [2.75, 3.05) is 0 Å². The number of nitrogens with two attached hydrogens (primary N) is 1. The maximum absolute atomic E-state index is 5.57. The lowest BCUT2D eigenvalue weighted by Gasteiger charge is -2.01. The molecule has 14 heavy (non-hydrogen) atoms. The summed E-state index contributed by atoms with van der Waals surface area (Å²) in [6.07, 6.45) is 0. The maximum atomic E-state index is 5.57. The molecule has 2 heteroatoms. The Morgan fingerprint density at radius 2 is 1.64 bits per heavy atom. The van der Waals surface area contributed by atoms with Crippen molar-refractivity contribution in [3.63, 3.8) is 0 Å². The van der Waals surface area contributed by atoms with E-state index in [0.717, 1.165) is 0 Å². The number of rotatable bonds is 1. The lowest BCUT2D eigenvalue weighted by Crippen LogP contribution is -1.95. The summed E-state index contributed by atoms with van der Waals surface area (Å²) in [4.78, 5) is 0. The van der Waals surface area contributed by atoms with Crippen molar-refractivity contribution in [2.45, 2.75) is 13.5 Å². The normalized spacial score (nSPS) is 9.86. The number of hydrogen-bond acceptors (Lipinski definition) is 1. The van der Waals surface area contributed by atoms with Crippen molar-refractivity contribution in [3.05, 3.63) is 47.5 Å². The minimum Gasteiger partial charge on any atom is -0.326 e. The molecule has 0 aromatic heterocycles. The highest BCUT2D eigenvalue weighted by Crippen LogP contribution is 2.17. The van der Waals surface area contributed by atoms with Gasteiger partial charge >= 0.3 is 0 Å². The van der Waals surface area contributed by atoms with Crippen molar-refractivity contribution in [1.82, 2.24) is 0 Å². The summed E-state index contributed by atoms with van der Waals surface area (Å²) in [6.45, 7) is 2.72. The van der Waals surface area contributed by atoms with E-state index in [4.69, 9.17) is 5.73 Å². The van der Waals surface area contributed by atoms with Crippen LogP contribution in [0, 0.1) is 6.92 Å². The van der Waals surface area contributed by atoms with Crippen molar-refractivity contribution < 1.29 is 0 Å². The lowest BCUT2D eigenvalue weighted by molar-refractivity contribution is 1.08. The van der Waals surface area contributed by atoms with Gasteiger partial charge in [-0.15, -0.1) is 12.4 Å². The molecule has 0 atom stereocenters. The third-order valence-electron chi connectivity index (χ3n) is 2.30. The van der Waals surface area contributed by atoms with E-state index in [1.807, 2.05) is 0 Å². The molecule has 0 heterocycles. The zero-order chi connectivity index (χ0) is 9.26. The van der Waals surface area contributed by atoms with E-state index in [1.54, 1.807) is 0 Å². The molecule has 74 valence electrons. The molecular weight excluding hydrogens is 194 g/mol. The van der Waals surface area contributed by atoms with Gasteiger partial charge in [-0.2, -0.15) is 0 Å². The van der Waals surface area contributed by atoms with Crippen LogP contribution in [0.5, 0.6) is 0 Å². The van der Waals surface area contributed by atoms with Gasteiger partial charge in [-0.1, -0.05) is 35.9 Å². The molecule has 2 aromatic rings. The fourth-order valence-corrected chi connectivity index (χ4v) is 1.54. The van der Waals surface area contributed by atoms with E-state index in [1.165, 1.54) is 21.9 Å². The molecule has 1 nitrogen and oxygen atoms in total. The Balaban J connectivity index is 0.000000980. The fourth-order valence-electron chi connectivity index (χ4n) is 1.54. The number of aryl methyl sites for hydroxylation is 1. The molecule has 0 radical (unpaired) electrons. The van der Waals surface area contributed by atoms with Crippen LogP contribution >= 0.6 is 12.4 Å². The SMILES string of the molecule is Cc1ccc2cc(CN)ccc2c1.Cl. The van der Waals surface area contributed by atoms with Crippen LogP contribution < -0.4 is 5.73 Å². The van der Waals surface area contributed by atoms with Crippen LogP contribution in [0.4, 0.5) is 0 Å². The quantitative estimate of drug-likeness (QED) is 0.765. The molecule has 0 saturated carbocycles. The topological polar surface area (TPSA) is 26.0 Å². The van der Waals surface area contributed by atoms with Crippen molar-refractivity contribution in [1.29, 1.82) is 0 Å². The second kappa shape index (κ2) is 4.45. The van der Waals surface area contributed by atoms with E-state index < -0.39 is 0 Å². The Bertz CT molecular complexity index is 437. The molecular formula is C12H14ClN. The highest BCUT2D eigenvalue weighted by molar-refractivity contribution is 5.85. The Hall–Kier alpha value is -1.05. The molecule has 0 aliphatic heterocycles. The number of halogens is 1. The van der Waals surface area contributed by atoms with Crippen LogP contribution in [0.15, 0.2) is 36.4 Å². The van der Waals surface area contributed by atoms with Gasteiger partial charge in [0.05, 0.1) is 0 Å². The summed E-state index contributed by atoms with van der Waals surface area (Å²) in [6, 6.07) is 12.8. The number of fused-ring (bicyclic) bond motifs is 1.